The molecule has 10 atom stereocenters. The smallest absolute Gasteiger partial charge is 0.272 e. The molecular formula is C82H179F2N7O3S. The van der Waals surface area contributed by atoms with Gasteiger partial charge in [-0.3, -0.25) is 18.7 Å². The summed E-state index contributed by atoms with van der Waals surface area (Å²) in [5.74, 6) is 12.3. The van der Waals surface area contributed by atoms with E-state index in [1.165, 1.54) is 142 Å². The summed E-state index contributed by atoms with van der Waals surface area (Å²) in [5, 5.41) is 2.78. The van der Waals surface area contributed by atoms with Crippen LogP contribution in [0.15, 0.2) is 0 Å². The van der Waals surface area contributed by atoms with Gasteiger partial charge in [0.15, 0.2) is 0 Å². The molecule has 4 saturated heterocycles. The van der Waals surface area contributed by atoms with E-state index in [4.69, 9.17) is 0 Å². The highest BCUT2D eigenvalue weighted by molar-refractivity contribution is 7.99. The first-order valence-electron chi connectivity index (χ1n) is 39.6. The predicted octanol–water partition coefficient (Wildman–Crippen LogP) is 21.6. The van der Waals surface area contributed by atoms with E-state index in [1.54, 1.807) is 68.9 Å². The molecule has 4 unspecified atom stereocenters. The van der Waals surface area contributed by atoms with Gasteiger partial charge in [-0.2, -0.15) is 0 Å². The lowest BCUT2D eigenvalue weighted by Crippen LogP contribution is -2.56. The molecule has 6 aliphatic carbocycles. The van der Waals surface area contributed by atoms with Crippen LogP contribution in [0.25, 0.3) is 0 Å². The van der Waals surface area contributed by atoms with Gasteiger partial charge in [0.1, 0.15) is 0 Å². The van der Waals surface area contributed by atoms with Gasteiger partial charge in [-0.15, -0.1) is 0 Å². The number of rotatable bonds is 14. The Morgan fingerprint density at radius 2 is 0.800 bits per heavy atom. The molecule has 10 fully saturated rings. The molecule has 580 valence electrons. The Morgan fingerprint density at radius 3 is 1.05 bits per heavy atom. The van der Waals surface area contributed by atoms with Gasteiger partial charge in [-0.1, -0.05) is 205 Å². The Hall–Kier alpha value is -1.38. The number of piperazine rings is 1. The van der Waals surface area contributed by atoms with Crippen LogP contribution < -0.4 is 5.32 Å². The first-order chi connectivity index (χ1) is 43.9. The maximum absolute atomic E-state index is 12.1. The van der Waals surface area contributed by atoms with Gasteiger partial charge in [0.25, 0.3) is 5.92 Å². The predicted molar refractivity (Wildman–Crippen MR) is 430 cm³/mol. The second kappa shape index (κ2) is 69.7. The third-order valence-corrected chi connectivity index (χ3v) is 20.1. The Balaban J connectivity index is -0.000000179. The Labute approximate surface area is 599 Å². The highest BCUT2D eigenvalue weighted by Gasteiger charge is 2.43. The van der Waals surface area contributed by atoms with Crippen molar-refractivity contribution in [1.29, 1.82) is 0 Å². The van der Waals surface area contributed by atoms with Crippen LogP contribution in [0.4, 0.5) is 8.78 Å². The quantitative estimate of drug-likeness (QED) is 0.172. The Morgan fingerprint density at radius 1 is 0.484 bits per heavy atom. The highest BCUT2D eigenvalue weighted by atomic mass is 32.2. The second-order valence-electron chi connectivity index (χ2n) is 28.5. The fourth-order valence-electron chi connectivity index (χ4n) is 14.5. The van der Waals surface area contributed by atoms with Crippen LogP contribution in [-0.4, -0.2) is 189 Å². The first kappa shape index (κ1) is 107. The number of halogens is 2. The zero-order valence-corrected chi connectivity index (χ0v) is 67.2. The lowest BCUT2D eigenvalue weighted by molar-refractivity contribution is -0.130. The molecule has 4 heterocycles. The van der Waals surface area contributed by atoms with Crippen molar-refractivity contribution in [1.82, 2.24) is 34.7 Å². The minimum atomic E-state index is -2.38. The number of nitrogens with zero attached hydrogens (tertiary/aromatic N) is 6. The van der Waals surface area contributed by atoms with E-state index < -0.39 is 15.4 Å². The molecule has 13 heteroatoms. The number of fused-ring (bicyclic) bond motifs is 6. The van der Waals surface area contributed by atoms with Gasteiger partial charge in [0.2, 0.25) is 11.8 Å². The summed E-state index contributed by atoms with van der Waals surface area (Å²) < 4.78 is 34.8. The molecule has 0 radical (unpaired) electrons. The largest absolute Gasteiger partial charge is 0.355 e. The molecule has 0 aromatic carbocycles. The number of nitrogens with one attached hydrogen (secondary N) is 1. The average Bonchev–Trinajstić information content (AvgIpc) is 1.65. The molecule has 0 aromatic rings. The van der Waals surface area contributed by atoms with Gasteiger partial charge in [-0.05, 0) is 232 Å². The highest BCUT2D eigenvalue weighted by Crippen LogP contribution is 2.46. The minimum Gasteiger partial charge on any atom is -0.355 e. The van der Waals surface area contributed by atoms with Gasteiger partial charge >= 0.3 is 0 Å². The fraction of sp³-hybridized carbons (Fsp3) is 0.963. The molecule has 6 bridgehead atoms. The number of carbonyl (C=O) groups excluding carboxylic acids is 2. The molecule has 95 heavy (non-hydrogen) atoms. The zero-order valence-electron chi connectivity index (χ0n) is 66.4. The fourth-order valence-corrected chi connectivity index (χ4v) is 15.3. The van der Waals surface area contributed by atoms with Crippen LogP contribution in [0.2, 0.25) is 0 Å². The molecule has 0 aromatic heterocycles. The molecule has 2 amide bonds. The Kier molecular flexibility index (Phi) is 78.5. The van der Waals surface area contributed by atoms with E-state index in [-0.39, 0.29) is 41.3 Å². The van der Waals surface area contributed by atoms with Crippen LogP contribution in [0.3, 0.4) is 0 Å². The SMILES string of the molecule is C.C.C.C=S(C)(=O)CCC.CC.CC.CC.CC.CC1C[C@H]2CC[C@@H](C1)C2.CC1C[C@H]2CC[C@@H](C1)C2.CC1C[C@H]2CC[C@@H](C1)C2.CCC(=O)N1CCCC1.CCC(=O)NCCN(C)C.CCCC.CCCN1CC(F)(F)C1.CCCN1CCCC1.CCCN1CCN(C)CC1. The topological polar surface area (TPSA) is 82.7 Å². The van der Waals surface area contributed by atoms with Crippen molar-refractivity contribution >= 4 is 27.2 Å². The van der Waals surface area contributed by atoms with Crippen molar-refractivity contribution in [2.75, 3.05) is 131 Å². The summed E-state index contributed by atoms with van der Waals surface area (Å²) in [7, 11) is 4.49. The number of hydrogen-bond donors (Lipinski definition) is 1. The molecule has 4 aliphatic heterocycles. The van der Waals surface area contributed by atoms with E-state index >= 15 is 0 Å². The van der Waals surface area contributed by atoms with E-state index in [0.29, 0.717) is 18.7 Å². The molecule has 10 aliphatic rings. The summed E-state index contributed by atoms with van der Waals surface area (Å²) in [6.45, 7) is 54.7. The van der Waals surface area contributed by atoms with E-state index in [1.807, 2.05) is 107 Å². The maximum atomic E-state index is 12.1. The van der Waals surface area contributed by atoms with Gasteiger partial charge < -0.3 is 29.8 Å². The van der Waals surface area contributed by atoms with Crippen molar-refractivity contribution in [3.8, 4) is 0 Å². The van der Waals surface area contributed by atoms with Crippen molar-refractivity contribution in [3.05, 3.63) is 0 Å². The summed E-state index contributed by atoms with van der Waals surface area (Å²) in [4.78, 5) is 34.8. The van der Waals surface area contributed by atoms with Crippen LogP contribution in [0.5, 0.6) is 0 Å². The van der Waals surface area contributed by atoms with E-state index in [0.717, 1.165) is 105 Å². The van der Waals surface area contributed by atoms with E-state index in [9.17, 15) is 22.6 Å². The number of likely N-dealkylation sites (N-methyl/N-ethyl adjacent to an activating group) is 2. The van der Waals surface area contributed by atoms with Crippen molar-refractivity contribution in [2.24, 2.45) is 53.3 Å². The molecule has 10 nitrogen and oxygen atoms in total. The van der Waals surface area contributed by atoms with Crippen molar-refractivity contribution < 1.29 is 22.6 Å². The number of hydrogen-bond acceptors (Lipinski definition) is 8. The number of unbranched alkanes of at least 4 members (excludes halogenated alkanes) is 1. The molecule has 1 N–H and O–H groups in total. The van der Waals surface area contributed by atoms with Gasteiger partial charge in [-0.25, -0.2) is 8.78 Å². The third kappa shape index (κ3) is 61.0. The van der Waals surface area contributed by atoms with Crippen LogP contribution in [-0.2, 0) is 19.1 Å². The first-order valence-corrected chi connectivity index (χ1v) is 41.9. The van der Waals surface area contributed by atoms with Crippen LogP contribution in [0, 0.1) is 53.3 Å². The second-order valence-corrected chi connectivity index (χ2v) is 31.2. The maximum Gasteiger partial charge on any atom is 0.272 e. The van der Waals surface area contributed by atoms with Gasteiger partial charge in [0, 0.05) is 77.2 Å². The summed E-state index contributed by atoms with van der Waals surface area (Å²) in [5.41, 5.74) is 0. The molecule has 0 spiro atoms. The molecular weight excluding hydrogens is 1200 g/mol. The lowest BCUT2D eigenvalue weighted by atomic mass is 9.82. The van der Waals surface area contributed by atoms with Crippen molar-refractivity contribution in [2.45, 2.75) is 333 Å². The Bertz CT molecular complexity index is 1590. The summed E-state index contributed by atoms with van der Waals surface area (Å²) >= 11 is 0. The molecule has 10 rings (SSSR count). The average molecular weight is 1380 g/mol. The zero-order chi connectivity index (χ0) is 70.9. The van der Waals surface area contributed by atoms with Crippen LogP contribution in [0.1, 0.15) is 327 Å². The summed E-state index contributed by atoms with van der Waals surface area (Å²) in [6, 6.07) is 0. The summed E-state index contributed by atoms with van der Waals surface area (Å²) in [6.07, 6.45) is 38.6. The standard InChI is InChI=1S/3C9H16.C8H18N2.C7H16N2O.C7H13NO.C7H15N.C6H11F2N.C5H12OS.C4H10.4C2H6.3CH4/c3*1-7-4-8-2-3-9(5-7)6-8;1-3-4-10-7-5-9(2)6-8-10;1-4-7(10)8-5-6-9(2)3;1-2-7(9)8-5-3-4-6-8;1-2-5-8-6-3-4-7-8;1-2-3-9-4-6(7,8)5-9;1-4-5-7(2,3)6;1-3-4-2;4*1-2;;;/h3*7-9H,2-6H2,1H3;3-8H2,1-2H3;4-6H2,1-3H3,(H,8,10);2-6H2,1H3;2-7H2,1H3;2-5H2,1H3;2,4-5H2,1,3H3;3-4H2,1-2H3;4*1-2H3;3*1H4/t3*7?,8-,9+;;;;;;;;;;;;;;. The number of carbonyl (C=O) groups is 2. The molecule has 6 saturated carbocycles. The third-order valence-electron chi connectivity index (χ3n) is 18.8. The number of likely N-dealkylation sites (tertiary alicyclic amines) is 3. The monoisotopic (exact) mass is 1380 g/mol. The lowest BCUT2D eigenvalue weighted by Gasteiger charge is -2.38. The van der Waals surface area contributed by atoms with Crippen molar-refractivity contribution in [3.63, 3.8) is 0 Å². The normalized spacial score (nSPS) is 25.6. The van der Waals surface area contributed by atoms with Gasteiger partial charge in [0.05, 0.1) is 13.1 Å². The number of amides is 2. The van der Waals surface area contributed by atoms with Crippen LogP contribution >= 0.6 is 0 Å². The minimum absolute atomic E-state index is 0. The van der Waals surface area contributed by atoms with E-state index in [2.05, 4.69) is 81.4 Å². The number of alkyl halides is 2.